The number of rotatable bonds is 1. The van der Waals surface area contributed by atoms with E-state index in [0.29, 0.717) is 11.8 Å². The van der Waals surface area contributed by atoms with Crippen LogP contribution in [-0.2, 0) is 0 Å². The summed E-state index contributed by atoms with van der Waals surface area (Å²) in [5.74, 6) is 0.774. The van der Waals surface area contributed by atoms with E-state index in [1.54, 1.807) is 0 Å². The molecule has 0 saturated carbocycles. The highest BCUT2D eigenvalue weighted by atomic mass is 14.4. The lowest BCUT2D eigenvalue weighted by atomic mass is 9.69. The van der Waals surface area contributed by atoms with Crippen LogP contribution < -0.4 is 0 Å². The van der Waals surface area contributed by atoms with Gasteiger partial charge in [0.2, 0.25) is 0 Å². The molecule has 0 heteroatoms. The van der Waals surface area contributed by atoms with Gasteiger partial charge in [-0.2, -0.15) is 0 Å². The summed E-state index contributed by atoms with van der Waals surface area (Å²) < 4.78 is 0. The highest BCUT2D eigenvalue weighted by Crippen LogP contribution is 2.55. The second-order valence-corrected chi connectivity index (χ2v) is 7.34. The van der Waals surface area contributed by atoms with Gasteiger partial charge in [-0.3, -0.25) is 0 Å². The molecule has 3 aliphatic rings. The van der Waals surface area contributed by atoms with Gasteiger partial charge >= 0.3 is 0 Å². The van der Waals surface area contributed by atoms with Crippen molar-refractivity contribution in [2.45, 2.75) is 5.92 Å². The van der Waals surface area contributed by atoms with Crippen molar-refractivity contribution in [1.29, 1.82) is 0 Å². The van der Waals surface area contributed by atoms with Crippen molar-refractivity contribution in [2.75, 3.05) is 0 Å². The molecule has 0 aromatic heterocycles. The molecule has 3 aromatic carbocycles. The van der Waals surface area contributed by atoms with Crippen LogP contribution in [0.2, 0.25) is 0 Å². The standard InChI is InChI=1S/C26H18/c1-2-8-18(9-3-1)25-20-13-5-4-10-19(20)16-23-21-14-6-11-17-12-7-15-22(24(17)21)26(23)25/h1-16,20,25H/t20-,25+/m0/s1. The molecular formula is C26H18. The van der Waals surface area contributed by atoms with Crippen LogP contribution in [0.25, 0.3) is 21.9 Å². The lowest BCUT2D eigenvalue weighted by Crippen LogP contribution is -2.19. The molecule has 0 fully saturated rings. The lowest BCUT2D eigenvalue weighted by Gasteiger charge is -2.34. The Balaban J connectivity index is 1.70. The largest absolute Gasteiger partial charge is 0.0761 e. The summed E-state index contributed by atoms with van der Waals surface area (Å²) >= 11 is 0. The first-order valence-corrected chi connectivity index (χ1v) is 9.30. The molecule has 0 saturated heterocycles. The monoisotopic (exact) mass is 330 g/mol. The Kier molecular flexibility index (Phi) is 2.81. The average molecular weight is 330 g/mol. The Bertz CT molecular complexity index is 1160. The molecular weight excluding hydrogens is 312 g/mol. The van der Waals surface area contributed by atoms with Gasteiger partial charge in [-0.15, -0.1) is 0 Å². The predicted molar refractivity (Wildman–Crippen MR) is 110 cm³/mol. The van der Waals surface area contributed by atoms with Crippen molar-refractivity contribution < 1.29 is 0 Å². The third-order valence-corrected chi connectivity index (χ3v) is 6.02. The van der Waals surface area contributed by atoms with Crippen molar-refractivity contribution in [2.24, 2.45) is 5.92 Å². The van der Waals surface area contributed by atoms with E-state index in [4.69, 9.17) is 0 Å². The van der Waals surface area contributed by atoms with E-state index in [0.717, 1.165) is 0 Å². The third kappa shape index (κ3) is 1.79. The van der Waals surface area contributed by atoms with E-state index >= 15 is 0 Å². The zero-order chi connectivity index (χ0) is 17.1. The van der Waals surface area contributed by atoms with Crippen molar-refractivity contribution in [3.63, 3.8) is 0 Å². The van der Waals surface area contributed by atoms with E-state index in [2.05, 4.69) is 97.1 Å². The van der Waals surface area contributed by atoms with Crippen LogP contribution in [0.4, 0.5) is 0 Å². The zero-order valence-electron chi connectivity index (χ0n) is 14.4. The second kappa shape index (κ2) is 5.19. The predicted octanol–water partition coefficient (Wildman–Crippen LogP) is 6.53. The highest BCUT2D eigenvalue weighted by Gasteiger charge is 2.37. The maximum absolute atomic E-state index is 2.42. The highest BCUT2D eigenvalue weighted by molar-refractivity contribution is 6.18. The van der Waals surface area contributed by atoms with Crippen molar-refractivity contribution in [3.05, 3.63) is 119 Å². The maximum Gasteiger partial charge on any atom is 0.0205 e. The molecule has 6 rings (SSSR count). The van der Waals surface area contributed by atoms with Crippen LogP contribution in [0.15, 0.2) is 103 Å². The Morgan fingerprint density at radius 1 is 0.692 bits per heavy atom. The Morgan fingerprint density at radius 3 is 2.35 bits per heavy atom. The first-order valence-electron chi connectivity index (χ1n) is 9.30. The molecule has 3 aromatic rings. The van der Waals surface area contributed by atoms with E-state index in [1.807, 2.05) is 0 Å². The van der Waals surface area contributed by atoms with Gasteiger partial charge < -0.3 is 0 Å². The SMILES string of the molecule is C1=CC2=CC3=C(c4cccc5cccc3c45)[C@H](c3ccccc3)[C@H]2C=C1. The number of benzene rings is 3. The fraction of sp³-hybridized carbons (Fsp3) is 0.0769. The van der Waals surface area contributed by atoms with Crippen LogP contribution >= 0.6 is 0 Å². The van der Waals surface area contributed by atoms with Crippen LogP contribution in [0, 0.1) is 5.92 Å². The third-order valence-electron chi connectivity index (χ3n) is 6.02. The minimum atomic E-state index is 0.366. The fourth-order valence-electron chi connectivity index (χ4n) is 4.97. The number of hydrogen-bond donors (Lipinski definition) is 0. The quantitative estimate of drug-likeness (QED) is 0.476. The number of hydrogen-bond acceptors (Lipinski definition) is 0. The zero-order valence-corrected chi connectivity index (χ0v) is 14.4. The van der Waals surface area contributed by atoms with Gasteiger partial charge in [0.25, 0.3) is 0 Å². The summed E-state index contributed by atoms with van der Waals surface area (Å²) in [4.78, 5) is 0. The molecule has 0 amide bonds. The van der Waals surface area contributed by atoms with E-state index in [9.17, 15) is 0 Å². The van der Waals surface area contributed by atoms with Gasteiger partial charge in [0.15, 0.2) is 0 Å². The molecule has 0 aliphatic heterocycles. The minimum absolute atomic E-state index is 0.366. The van der Waals surface area contributed by atoms with Gasteiger partial charge in [0.05, 0.1) is 0 Å². The molecule has 0 heterocycles. The summed E-state index contributed by atoms with van der Waals surface area (Å²) in [6, 6.07) is 24.5. The molecule has 26 heavy (non-hydrogen) atoms. The molecule has 2 atom stereocenters. The summed E-state index contributed by atoms with van der Waals surface area (Å²) in [5, 5.41) is 2.76. The average Bonchev–Trinajstić information content (AvgIpc) is 3.03. The smallest absolute Gasteiger partial charge is 0.0205 e. The summed E-state index contributed by atoms with van der Waals surface area (Å²) in [7, 11) is 0. The minimum Gasteiger partial charge on any atom is -0.0761 e. The first kappa shape index (κ1) is 14.1. The summed E-state index contributed by atoms with van der Waals surface area (Å²) in [6.07, 6.45) is 11.4. The van der Waals surface area contributed by atoms with Crippen LogP contribution in [0.5, 0.6) is 0 Å². The van der Waals surface area contributed by atoms with Crippen molar-refractivity contribution in [3.8, 4) is 0 Å². The summed E-state index contributed by atoms with van der Waals surface area (Å²) in [5.41, 5.74) is 8.54. The van der Waals surface area contributed by atoms with E-state index in [-0.39, 0.29) is 0 Å². The van der Waals surface area contributed by atoms with Crippen LogP contribution in [0.1, 0.15) is 22.6 Å². The topological polar surface area (TPSA) is 0 Å². The van der Waals surface area contributed by atoms with E-state index < -0.39 is 0 Å². The Morgan fingerprint density at radius 2 is 1.50 bits per heavy atom. The normalized spacial score (nSPS) is 22.4. The number of fused-ring (bicyclic) bond motifs is 3. The number of allylic oxidation sites excluding steroid dienone is 8. The van der Waals surface area contributed by atoms with Crippen LogP contribution in [-0.4, -0.2) is 0 Å². The van der Waals surface area contributed by atoms with Gasteiger partial charge in [-0.1, -0.05) is 97.1 Å². The van der Waals surface area contributed by atoms with Gasteiger partial charge in [0, 0.05) is 11.8 Å². The maximum atomic E-state index is 2.42. The lowest BCUT2D eigenvalue weighted by molar-refractivity contribution is 0.689. The summed E-state index contributed by atoms with van der Waals surface area (Å²) in [6.45, 7) is 0. The molecule has 0 spiro atoms. The molecule has 122 valence electrons. The molecule has 3 aliphatic carbocycles. The van der Waals surface area contributed by atoms with Gasteiger partial charge in [-0.05, 0) is 44.2 Å². The molecule has 0 radical (unpaired) electrons. The Hall–Kier alpha value is -3.12. The van der Waals surface area contributed by atoms with E-state index in [1.165, 1.54) is 44.2 Å². The molecule has 0 nitrogen and oxygen atoms in total. The molecule has 0 bridgehead atoms. The van der Waals surface area contributed by atoms with Crippen molar-refractivity contribution >= 4 is 21.9 Å². The first-order chi connectivity index (χ1) is 12.9. The van der Waals surface area contributed by atoms with Gasteiger partial charge in [0.1, 0.15) is 0 Å². The Labute approximate surface area is 153 Å². The fourth-order valence-corrected chi connectivity index (χ4v) is 4.97. The van der Waals surface area contributed by atoms with Crippen LogP contribution in [0.3, 0.4) is 0 Å². The molecule has 0 unspecified atom stereocenters. The van der Waals surface area contributed by atoms with Gasteiger partial charge in [-0.25, -0.2) is 0 Å². The van der Waals surface area contributed by atoms with Crippen molar-refractivity contribution in [1.82, 2.24) is 0 Å². The second-order valence-electron chi connectivity index (χ2n) is 7.34. The molecule has 0 N–H and O–H groups in total.